The number of carbonyl (C=O) groups excluding carboxylic acids is 1. The summed E-state index contributed by atoms with van der Waals surface area (Å²) >= 11 is 0. The van der Waals surface area contributed by atoms with Crippen LogP contribution in [0.4, 0.5) is 5.69 Å². The summed E-state index contributed by atoms with van der Waals surface area (Å²) in [7, 11) is 1.56. The summed E-state index contributed by atoms with van der Waals surface area (Å²) in [5.41, 5.74) is 8.71. The molecule has 1 aromatic carbocycles. The second kappa shape index (κ2) is 6.06. The normalized spacial score (nSPS) is 10.1. The van der Waals surface area contributed by atoms with Gasteiger partial charge in [-0.15, -0.1) is 0 Å². The lowest BCUT2D eigenvalue weighted by atomic mass is 10.1. The Morgan fingerprint density at radius 1 is 1.35 bits per heavy atom. The van der Waals surface area contributed by atoms with Gasteiger partial charge in [-0.25, -0.2) is 4.98 Å². The minimum absolute atomic E-state index is 0.127. The first kappa shape index (κ1) is 13.9. The number of nitrogen functional groups attached to an aromatic ring is 1. The molecule has 0 aliphatic rings. The van der Waals surface area contributed by atoms with Crippen LogP contribution in [0.1, 0.15) is 21.5 Å². The molecule has 0 aliphatic carbocycles. The van der Waals surface area contributed by atoms with Gasteiger partial charge in [0.1, 0.15) is 0 Å². The first-order chi connectivity index (χ1) is 9.60. The maximum Gasteiger partial charge on any atom is 0.251 e. The summed E-state index contributed by atoms with van der Waals surface area (Å²) < 4.78 is 4.98. The summed E-state index contributed by atoms with van der Waals surface area (Å²) in [5.74, 6) is 0.424. The van der Waals surface area contributed by atoms with E-state index < -0.39 is 0 Å². The van der Waals surface area contributed by atoms with Crippen molar-refractivity contribution in [2.45, 2.75) is 13.5 Å². The molecule has 20 heavy (non-hydrogen) atoms. The zero-order valence-corrected chi connectivity index (χ0v) is 11.5. The molecule has 0 fully saturated rings. The van der Waals surface area contributed by atoms with Crippen LogP contribution in [0, 0.1) is 6.92 Å². The highest BCUT2D eigenvalue weighted by Gasteiger charge is 2.08. The highest BCUT2D eigenvalue weighted by molar-refractivity contribution is 5.95. The first-order valence-electron chi connectivity index (χ1n) is 6.23. The number of nitrogens with two attached hydrogens (primary N) is 1. The van der Waals surface area contributed by atoms with Gasteiger partial charge in [-0.1, -0.05) is 6.07 Å². The van der Waals surface area contributed by atoms with E-state index in [-0.39, 0.29) is 5.91 Å². The fraction of sp³-hybridized carbons (Fsp3) is 0.200. The van der Waals surface area contributed by atoms with Crippen molar-refractivity contribution in [3.05, 3.63) is 53.2 Å². The number of aromatic nitrogens is 1. The van der Waals surface area contributed by atoms with Crippen molar-refractivity contribution in [3.63, 3.8) is 0 Å². The fourth-order valence-electron chi connectivity index (χ4n) is 1.86. The topological polar surface area (TPSA) is 77.2 Å². The van der Waals surface area contributed by atoms with Gasteiger partial charge in [0, 0.05) is 30.1 Å². The van der Waals surface area contributed by atoms with Gasteiger partial charge < -0.3 is 15.8 Å². The molecule has 0 unspecified atom stereocenters. The van der Waals surface area contributed by atoms with E-state index in [1.54, 1.807) is 37.6 Å². The Hall–Kier alpha value is -2.56. The maximum atomic E-state index is 12.1. The van der Waals surface area contributed by atoms with Gasteiger partial charge in [0.25, 0.3) is 5.91 Å². The summed E-state index contributed by atoms with van der Waals surface area (Å²) in [5, 5.41) is 2.85. The van der Waals surface area contributed by atoms with Gasteiger partial charge in [0.2, 0.25) is 5.88 Å². The minimum atomic E-state index is -0.127. The average Bonchev–Trinajstić information content (AvgIpc) is 2.45. The number of methoxy groups -OCH3 is 1. The number of aryl methyl sites for hydroxylation is 1. The highest BCUT2D eigenvalue weighted by Crippen LogP contribution is 2.13. The van der Waals surface area contributed by atoms with Crippen molar-refractivity contribution in [2.24, 2.45) is 0 Å². The quantitative estimate of drug-likeness (QED) is 0.833. The zero-order valence-electron chi connectivity index (χ0n) is 11.5. The lowest BCUT2D eigenvalue weighted by Crippen LogP contribution is -2.23. The molecule has 0 radical (unpaired) electrons. The fourth-order valence-corrected chi connectivity index (χ4v) is 1.86. The lowest BCUT2D eigenvalue weighted by Gasteiger charge is -2.08. The predicted molar refractivity (Wildman–Crippen MR) is 77.6 cm³/mol. The molecule has 5 heteroatoms. The molecule has 0 spiro atoms. The summed E-state index contributed by atoms with van der Waals surface area (Å²) in [6, 6.07) is 8.85. The predicted octanol–water partition coefficient (Wildman–Crippen LogP) is 1.91. The molecule has 5 nitrogen and oxygen atoms in total. The number of hydrogen-bond acceptors (Lipinski definition) is 4. The number of carbonyl (C=O) groups is 1. The van der Waals surface area contributed by atoms with Crippen molar-refractivity contribution >= 4 is 11.6 Å². The second-order valence-electron chi connectivity index (χ2n) is 4.47. The number of benzene rings is 1. The van der Waals surface area contributed by atoms with Crippen LogP contribution < -0.4 is 15.8 Å². The number of rotatable bonds is 4. The standard InChI is InChI=1S/C15H17N3O2/c1-10-7-12(16)4-5-13(10)15(19)18-9-11-3-6-14(20-2)17-8-11/h3-8H,9,16H2,1-2H3,(H,18,19). The number of ether oxygens (including phenoxy) is 1. The number of anilines is 1. The molecule has 0 bridgehead atoms. The van der Waals surface area contributed by atoms with E-state index in [2.05, 4.69) is 10.3 Å². The monoisotopic (exact) mass is 271 g/mol. The van der Waals surface area contributed by atoms with E-state index >= 15 is 0 Å². The molecule has 1 amide bonds. The molecule has 2 aromatic rings. The van der Waals surface area contributed by atoms with E-state index in [0.29, 0.717) is 23.7 Å². The Balaban J connectivity index is 2.00. The Bertz CT molecular complexity index is 609. The number of hydrogen-bond donors (Lipinski definition) is 2. The average molecular weight is 271 g/mol. The summed E-state index contributed by atoms with van der Waals surface area (Å²) in [4.78, 5) is 16.2. The number of pyridine rings is 1. The van der Waals surface area contributed by atoms with Crippen LogP contribution in [0.3, 0.4) is 0 Å². The Kier molecular flexibility index (Phi) is 4.20. The summed E-state index contributed by atoms with van der Waals surface area (Å²) in [6.45, 7) is 2.28. The molecule has 1 aromatic heterocycles. The van der Waals surface area contributed by atoms with Crippen LogP contribution in [-0.2, 0) is 6.54 Å². The van der Waals surface area contributed by atoms with Crippen LogP contribution in [0.15, 0.2) is 36.5 Å². The molecular weight excluding hydrogens is 254 g/mol. The zero-order chi connectivity index (χ0) is 14.5. The summed E-state index contributed by atoms with van der Waals surface area (Å²) in [6.07, 6.45) is 1.68. The van der Waals surface area contributed by atoms with Crippen LogP contribution in [0.5, 0.6) is 5.88 Å². The van der Waals surface area contributed by atoms with E-state index in [1.165, 1.54) is 0 Å². The van der Waals surface area contributed by atoms with E-state index in [0.717, 1.165) is 11.1 Å². The first-order valence-corrected chi connectivity index (χ1v) is 6.23. The third-order valence-corrected chi connectivity index (χ3v) is 2.95. The van der Waals surface area contributed by atoms with Crippen LogP contribution in [0.2, 0.25) is 0 Å². The third-order valence-electron chi connectivity index (χ3n) is 2.95. The number of amides is 1. The molecule has 2 rings (SSSR count). The van der Waals surface area contributed by atoms with Crippen LogP contribution in [0.25, 0.3) is 0 Å². The van der Waals surface area contributed by atoms with E-state index in [4.69, 9.17) is 10.5 Å². The molecule has 0 atom stereocenters. The largest absolute Gasteiger partial charge is 0.481 e. The Morgan fingerprint density at radius 3 is 2.75 bits per heavy atom. The van der Waals surface area contributed by atoms with Crippen molar-refractivity contribution in [2.75, 3.05) is 12.8 Å². The highest BCUT2D eigenvalue weighted by atomic mass is 16.5. The van der Waals surface area contributed by atoms with Crippen LogP contribution >= 0.6 is 0 Å². The Labute approximate surface area is 117 Å². The van der Waals surface area contributed by atoms with E-state index in [1.807, 2.05) is 13.0 Å². The molecule has 0 aliphatic heterocycles. The van der Waals surface area contributed by atoms with Crippen molar-refractivity contribution in [1.29, 1.82) is 0 Å². The Morgan fingerprint density at radius 2 is 2.15 bits per heavy atom. The van der Waals surface area contributed by atoms with Gasteiger partial charge in [-0.2, -0.15) is 0 Å². The molecule has 3 N–H and O–H groups in total. The number of nitrogens with zero attached hydrogens (tertiary/aromatic N) is 1. The maximum absolute atomic E-state index is 12.1. The van der Waals surface area contributed by atoms with Gasteiger partial charge >= 0.3 is 0 Å². The molecule has 104 valence electrons. The molecular formula is C15H17N3O2. The van der Waals surface area contributed by atoms with Crippen molar-refractivity contribution in [3.8, 4) is 5.88 Å². The third kappa shape index (κ3) is 3.26. The molecule has 1 heterocycles. The smallest absolute Gasteiger partial charge is 0.251 e. The minimum Gasteiger partial charge on any atom is -0.481 e. The molecule has 0 saturated heterocycles. The van der Waals surface area contributed by atoms with Crippen molar-refractivity contribution in [1.82, 2.24) is 10.3 Å². The van der Waals surface area contributed by atoms with Crippen LogP contribution in [-0.4, -0.2) is 18.0 Å². The van der Waals surface area contributed by atoms with Gasteiger partial charge in [0.05, 0.1) is 7.11 Å². The SMILES string of the molecule is COc1ccc(CNC(=O)c2ccc(N)cc2C)cn1. The van der Waals surface area contributed by atoms with Crippen molar-refractivity contribution < 1.29 is 9.53 Å². The van der Waals surface area contributed by atoms with Gasteiger partial charge in [0.15, 0.2) is 0 Å². The van der Waals surface area contributed by atoms with E-state index in [9.17, 15) is 4.79 Å². The number of nitrogens with one attached hydrogen (secondary N) is 1. The van der Waals surface area contributed by atoms with Gasteiger partial charge in [-0.05, 0) is 36.2 Å². The lowest BCUT2D eigenvalue weighted by molar-refractivity contribution is 0.0950. The second-order valence-corrected chi connectivity index (χ2v) is 4.47. The van der Waals surface area contributed by atoms with Gasteiger partial charge in [-0.3, -0.25) is 4.79 Å². The molecule has 0 saturated carbocycles.